The van der Waals surface area contributed by atoms with E-state index in [2.05, 4.69) is 20.2 Å². The van der Waals surface area contributed by atoms with E-state index in [1.54, 1.807) is 18.6 Å². The van der Waals surface area contributed by atoms with Crippen molar-refractivity contribution in [2.24, 2.45) is 0 Å². The van der Waals surface area contributed by atoms with Gasteiger partial charge in [-0.05, 0) is 36.6 Å². The van der Waals surface area contributed by atoms with Crippen molar-refractivity contribution in [3.63, 3.8) is 0 Å². The maximum Gasteiger partial charge on any atom is 0.255 e. The summed E-state index contributed by atoms with van der Waals surface area (Å²) in [5, 5.41) is 2.96. The molecule has 0 spiro atoms. The van der Waals surface area contributed by atoms with Crippen LogP contribution in [0.15, 0.2) is 42.9 Å². The Morgan fingerprint density at radius 3 is 2.61 bits per heavy atom. The molecular weight excluding hydrogens is 288 g/mol. The number of rotatable bonds is 4. The highest BCUT2D eigenvalue weighted by molar-refractivity contribution is 5.98. The maximum atomic E-state index is 12.6. The molecule has 0 bridgehead atoms. The topological polar surface area (TPSA) is 58.1 Å². The van der Waals surface area contributed by atoms with E-state index in [4.69, 9.17) is 0 Å². The Kier molecular flexibility index (Phi) is 5.19. The number of carbonyl (C=O) groups is 1. The lowest BCUT2D eigenvalue weighted by Crippen LogP contribution is -2.30. The van der Waals surface area contributed by atoms with Gasteiger partial charge in [-0.2, -0.15) is 0 Å². The number of pyridine rings is 2. The first-order valence-corrected chi connectivity index (χ1v) is 8.21. The van der Waals surface area contributed by atoms with Crippen LogP contribution in [0.3, 0.4) is 0 Å². The lowest BCUT2D eigenvalue weighted by molar-refractivity contribution is 0.0951. The first-order chi connectivity index (χ1) is 11.3. The third kappa shape index (κ3) is 4.06. The van der Waals surface area contributed by atoms with Crippen LogP contribution >= 0.6 is 0 Å². The Balaban J connectivity index is 1.72. The number of aromatic nitrogens is 2. The zero-order chi connectivity index (χ0) is 15.9. The Labute approximate surface area is 136 Å². The van der Waals surface area contributed by atoms with Crippen LogP contribution in [0.25, 0.3) is 0 Å². The fraction of sp³-hybridized carbons (Fsp3) is 0.389. The Morgan fingerprint density at radius 2 is 1.87 bits per heavy atom. The molecule has 3 rings (SSSR count). The molecule has 3 heterocycles. The summed E-state index contributed by atoms with van der Waals surface area (Å²) in [6, 6.07) is 7.49. The number of hydrogen-bond acceptors (Lipinski definition) is 4. The lowest BCUT2D eigenvalue weighted by Gasteiger charge is -2.23. The maximum absolute atomic E-state index is 12.6. The van der Waals surface area contributed by atoms with E-state index in [9.17, 15) is 4.79 Å². The minimum Gasteiger partial charge on any atom is -0.356 e. The largest absolute Gasteiger partial charge is 0.356 e. The first kappa shape index (κ1) is 15.5. The molecule has 5 heteroatoms. The van der Waals surface area contributed by atoms with E-state index in [-0.39, 0.29) is 5.91 Å². The summed E-state index contributed by atoms with van der Waals surface area (Å²) < 4.78 is 0. The van der Waals surface area contributed by atoms with Crippen molar-refractivity contribution in [2.75, 3.05) is 18.0 Å². The highest BCUT2D eigenvalue weighted by atomic mass is 16.1. The number of nitrogens with zero attached hydrogens (tertiary/aromatic N) is 3. The zero-order valence-electron chi connectivity index (χ0n) is 13.2. The van der Waals surface area contributed by atoms with Gasteiger partial charge in [-0.25, -0.2) is 4.98 Å². The second-order valence-corrected chi connectivity index (χ2v) is 5.82. The minimum absolute atomic E-state index is 0.0822. The number of nitrogens with one attached hydrogen (secondary N) is 1. The van der Waals surface area contributed by atoms with Crippen LogP contribution in [0.2, 0.25) is 0 Å². The van der Waals surface area contributed by atoms with Gasteiger partial charge in [0.25, 0.3) is 5.91 Å². The van der Waals surface area contributed by atoms with E-state index >= 15 is 0 Å². The van der Waals surface area contributed by atoms with Crippen LogP contribution in [0.4, 0.5) is 5.82 Å². The lowest BCUT2D eigenvalue weighted by atomic mass is 10.2. The van der Waals surface area contributed by atoms with E-state index in [1.165, 1.54) is 12.8 Å². The molecule has 2 aromatic heterocycles. The number of amides is 1. The highest BCUT2D eigenvalue weighted by Crippen LogP contribution is 2.21. The predicted octanol–water partition coefficient (Wildman–Crippen LogP) is 2.79. The molecule has 0 aromatic carbocycles. The molecule has 0 unspecified atom stereocenters. The van der Waals surface area contributed by atoms with Crippen LogP contribution in [0.5, 0.6) is 0 Å². The van der Waals surface area contributed by atoms with Crippen LogP contribution in [-0.4, -0.2) is 29.0 Å². The number of hydrogen-bond donors (Lipinski definition) is 1. The smallest absolute Gasteiger partial charge is 0.255 e. The Hall–Kier alpha value is -2.43. The van der Waals surface area contributed by atoms with Gasteiger partial charge in [-0.15, -0.1) is 0 Å². The zero-order valence-corrected chi connectivity index (χ0v) is 13.2. The van der Waals surface area contributed by atoms with E-state index in [1.807, 2.05) is 24.3 Å². The van der Waals surface area contributed by atoms with Gasteiger partial charge in [-0.1, -0.05) is 18.9 Å². The summed E-state index contributed by atoms with van der Waals surface area (Å²) in [7, 11) is 0. The van der Waals surface area contributed by atoms with Crippen molar-refractivity contribution in [3.8, 4) is 0 Å². The van der Waals surface area contributed by atoms with Gasteiger partial charge in [0.05, 0.1) is 5.56 Å². The molecule has 1 saturated heterocycles. The molecule has 120 valence electrons. The van der Waals surface area contributed by atoms with Crippen LogP contribution < -0.4 is 10.2 Å². The molecule has 0 saturated carbocycles. The average Bonchev–Trinajstić information content (AvgIpc) is 2.90. The summed E-state index contributed by atoms with van der Waals surface area (Å²) in [5.74, 6) is 0.722. The normalized spacial score (nSPS) is 15.0. The highest BCUT2D eigenvalue weighted by Gasteiger charge is 2.18. The quantitative estimate of drug-likeness (QED) is 0.943. The van der Waals surface area contributed by atoms with E-state index < -0.39 is 0 Å². The molecule has 0 atom stereocenters. The monoisotopic (exact) mass is 310 g/mol. The summed E-state index contributed by atoms with van der Waals surface area (Å²) in [6.45, 7) is 2.42. The third-order valence-corrected chi connectivity index (χ3v) is 4.11. The van der Waals surface area contributed by atoms with Crippen molar-refractivity contribution in [3.05, 3.63) is 54.0 Å². The molecule has 1 amide bonds. The molecule has 1 fully saturated rings. The second-order valence-electron chi connectivity index (χ2n) is 5.82. The van der Waals surface area contributed by atoms with Crippen molar-refractivity contribution in [1.82, 2.24) is 15.3 Å². The average molecular weight is 310 g/mol. The first-order valence-electron chi connectivity index (χ1n) is 8.21. The predicted molar refractivity (Wildman–Crippen MR) is 90.3 cm³/mol. The van der Waals surface area contributed by atoms with Crippen molar-refractivity contribution < 1.29 is 4.79 Å². The van der Waals surface area contributed by atoms with Crippen molar-refractivity contribution >= 4 is 11.7 Å². The third-order valence-electron chi connectivity index (χ3n) is 4.11. The second kappa shape index (κ2) is 7.72. The molecule has 1 aliphatic heterocycles. The number of anilines is 1. The molecule has 0 radical (unpaired) electrons. The SMILES string of the molecule is O=C(NCc1cccnc1)c1cccnc1N1CCCCCC1. The van der Waals surface area contributed by atoms with Crippen LogP contribution in [0, 0.1) is 0 Å². The van der Waals surface area contributed by atoms with E-state index in [0.717, 1.165) is 37.3 Å². The van der Waals surface area contributed by atoms with Gasteiger partial charge in [-0.3, -0.25) is 9.78 Å². The van der Waals surface area contributed by atoms with Crippen LogP contribution in [0.1, 0.15) is 41.6 Å². The van der Waals surface area contributed by atoms with Gasteiger partial charge in [0, 0.05) is 38.2 Å². The molecule has 2 aromatic rings. The molecular formula is C18H22N4O. The Morgan fingerprint density at radius 1 is 1.09 bits per heavy atom. The Bertz CT molecular complexity index is 636. The molecule has 5 nitrogen and oxygen atoms in total. The molecule has 1 N–H and O–H groups in total. The fourth-order valence-electron chi connectivity index (χ4n) is 2.89. The summed E-state index contributed by atoms with van der Waals surface area (Å²) in [5.41, 5.74) is 1.64. The van der Waals surface area contributed by atoms with Gasteiger partial charge in [0.15, 0.2) is 0 Å². The molecule has 0 aliphatic carbocycles. The van der Waals surface area contributed by atoms with Crippen LogP contribution in [-0.2, 0) is 6.54 Å². The van der Waals surface area contributed by atoms with Gasteiger partial charge in [0.1, 0.15) is 5.82 Å². The van der Waals surface area contributed by atoms with Crippen molar-refractivity contribution in [2.45, 2.75) is 32.2 Å². The van der Waals surface area contributed by atoms with Gasteiger partial charge in [0.2, 0.25) is 0 Å². The summed E-state index contributed by atoms with van der Waals surface area (Å²) in [4.78, 5) is 23.3. The number of carbonyl (C=O) groups excluding carboxylic acids is 1. The van der Waals surface area contributed by atoms with E-state index in [0.29, 0.717) is 12.1 Å². The van der Waals surface area contributed by atoms with Gasteiger partial charge >= 0.3 is 0 Å². The van der Waals surface area contributed by atoms with Gasteiger partial charge < -0.3 is 10.2 Å². The summed E-state index contributed by atoms with van der Waals surface area (Å²) >= 11 is 0. The van der Waals surface area contributed by atoms with Crippen molar-refractivity contribution in [1.29, 1.82) is 0 Å². The molecule has 1 aliphatic rings. The minimum atomic E-state index is -0.0822. The molecule has 23 heavy (non-hydrogen) atoms. The summed E-state index contributed by atoms with van der Waals surface area (Å²) in [6.07, 6.45) is 10.1. The standard InChI is InChI=1S/C18H22N4O/c23-18(21-14-15-7-5-9-19-13-15)16-8-6-10-20-17(16)22-11-3-1-2-4-12-22/h5-10,13H,1-4,11-12,14H2,(H,21,23). The fourth-order valence-corrected chi connectivity index (χ4v) is 2.89.